The highest BCUT2D eigenvalue weighted by Crippen LogP contribution is 2.28. The van der Waals surface area contributed by atoms with Gasteiger partial charge in [-0.05, 0) is 36.4 Å². The summed E-state index contributed by atoms with van der Waals surface area (Å²) in [6.45, 7) is 4.49. The summed E-state index contributed by atoms with van der Waals surface area (Å²) in [5.74, 6) is 0.974. The SMILES string of the molecule is C[C@H](CC(=O)N1CC[C@H](CN)C1)c1ccccc1Br. The molecular weight excluding hydrogens is 304 g/mol. The maximum atomic E-state index is 12.3. The lowest BCUT2D eigenvalue weighted by Crippen LogP contribution is -2.30. The van der Waals surface area contributed by atoms with Crippen molar-refractivity contribution in [3.05, 3.63) is 34.3 Å². The Kier molecular flexibility index (Phi) is 4.99. The van der Waals surface area contributed by atoms with E-state index in [0.717, 1.165) is 24.0 Å². The summed E-state index contributed by atoms with van der Waals surface area (Å²) in [5, 5.41) is 0. The van der Waals surface area contributed by atoms with Crippen LogP contribution >= 0.6 is 15.9 Å². The number of rotatable bonds is 4. The molecule has 2 atom stereocenters. The molecule has 3 nitrogen and oxygen atoms in total. The quantitative estimate of drug-likeness (QED) is 0.925. The largest absolute Gasteiger partial charge is 0.342 e. The minimum atomic E-state index is 0.236. The fraction of sp³-hybridized carbons (Fsp3) is 0.533. The van der Waals surface area contributed by atoms with Crippen LogP contribution in [0.15, 0.2) is 28.7 Å². The molecule has 1 aliphatic rings. The van der Waals surface area contributed by atoms with Crippen molar-refractivity contribution in [3.8, 4) is 0 Å². The van der Waals surface area contributed by atoms with E-state index in [-0.39, 0.29) is 11.8 Å². The van der Waals surface area contributed by atoms with E-state index in [1.807, 2.05) is 23.1 Å². The molecule has 0 spiro atoms. The molecule has 1 saturated heterocycles. The average molecular weight is 325 g/mol. The molecule has 1 aliphatic heterocycles. The van der Waals surface area contributed by atoms with Gasteiger partial charge in [0.25, 0.3) is 0 Å². The van der Waals surface area contributed by atoms with Gasteiger partial charge in [0.1, 0.15) is 0 Å². The molecule has 1 amide bonds. The molecule has 2 N–H and O–H groups in total. The van der Waals surface area contributed by atoms with Crippen LogP contribution in [0.25, 0.3) is 0 Å². The van der Waals surface area contributed by atoms with Gasteiger partial charge in [0.05, 0.1) is 0 Å². The summed E-state index contributed by atoms with van der Waals surface area (Å²) in [6.07, 6.45) is 1.62. The molecular formula is C15H21BrN2O. The molecule has 0 aliphatic carbocycles. The lowest BCUT2D eigenvalue weighted by molar-refractivity contribution is -0.130. The standard InChI is InChI=1S/C15H21BrN2O/c1-11(13-4-2-3-5-14(13)16)8-15(19)18-7-6-12(9-17)10-18/h2-5,11-12H,6-10,17H2,1H3/t11-,12-/m1/s1. The van der Waals surface area contributed by atoms with Gasteiger partial charge in [-0.15, -0.1) is 0 Å². The molecule has 19 heavy (non-hydrogen) atoms. The van der Waals surface area contributed by atoms with Crippen LogP contribution in [-0.4, -0.2) is 30.4 Å². The van der Waals surface area contributed by atoms with E-state index in [0.29, 0.717) is 18.9 Å². The van der Waals surface area contributed by atoms with Crippen molar-refractivity contribution < 1.29 is 4.79 Å². The lowest BCUT2D eigenvalue weighted by Gasteiger charge is -2.20. The molecule has 1 aromatic carbocycles. The third-order valence-electron chi connectivity index (χ3n) is 3.89. The van der Waals surface area contributed by atoms with Crippen molar-refractivity contribution >= 4 is 21.8 Å². The van der Waals surface area contributed by atoms with Crippen LogP contribution in [-0.2, 0) is 4.79 Å². The number of nitrogens with two attached hydrogens (primary N) is 1. The normalized spacial score (nSPS) is 20.6. The Hall–Kier alpha value is -0.870. The van der Waals surface area contributed by atoms with Crippen LogP contribution in [0, 0.1) is 5.92 Å². The zero-order chi connectivity index (χ0) is 13.8. The third-order valence-corrected chi connectivity index (χ3v) is 4.61. The number of halogens is 1. The van der Waals surface area contributed by atoms with E-state index in [4.69, 9.17) is 5.73 Å². The Morgan fingerprint density at radius 3 is 2.89 bits per heavy atom. The number of nitrogens with zero attached hydrogens (tertiary/aromatic N) is 1. The summed E-state index contributed by atoms with van der Waals surface area (Å²) in [5.41, 5.74) is 6.86. The summed E-state index contributed by atoms with van der Waals surface area (Å²) in [4.78, 5) is 14.2. The van der Waals surface area contributed by atoms with Crippen LogP contribution in [0.1, 0.15) is 31.2 Å². The van der Waals surface area contributed by atoms with Gasteiger partial charge in [-0.3, -0.25) is 4.79 Å². The summed E-state index contributed by atoms with van der Waals surface area (Å²) in [6, 6.07) is 8.11. The highest BCUT2D eigenvalue weighted by Gasteiger charge is 2.26. The van der Waals surface area contributed by atoms with Gasteiger partial charge in [-0.2, -0.15) is 0 Å². The number of hydrogen-bond donors (Lipinski definition) is 1. The molecule has 1 aromatic rings. The van der Waals surface area contributed by atoms with Gasteiger partial charge in [-0.25, -0.2) is 0 Å². The van der Waals surface area contributed by atoms with Gasteiger partial charge in [0.15, 0.2) is 0 Å². The zero-order valence-electron chi connectivity index (χ0n) is 11.3. The fourth-order valence-electron chi connectivity index (χ4n) is 2.63. The first-order valence-corrected chi connectivity index (χ1v) is 7.63. The summed E-state index contributed by atoms with van der Waals surface area (Å²) in [7, 11) is 0. The van der Waals surface area contributed by atoms with Crippen LogP contribution < -0.4 is 5.73 Å². The van der Waals surface area contributed by atoms with Gasteiger partial charge in [0.2, 0.25) is 5.91 Å². The molecule has 0 radical (unpaired) electrons. The number of carbonyl (C=O) groups is 1. The Balaban J connectivity index is 1.94. The molecule has 0 aromatic heterocycles. The van der Waals surface area contributed by atoms with Crippen LogP contribution in [0.5, 0.6) is 0 Å². The number of likely N-dealkylation sites (tertiary alicyclic amines) is 1. The molecule has 104 valence electrons. The second-order valence-electron chi connectivity index (χ2n) is 5.36. The van der Waals surface area contributed by atoms with Crippen molar-refractivity contribution in [3.63, 3.8) is 0 Å². The minimum Gasteiger partial charge on any atom is -0.342 e. The van der Waals surface area contributed by atoms with Crippen molar-refractivity contribution in [2.75, 3.05) is 19.6 Å². The van der Waals surface area contributed by atoms with Gasteiger partial charge in [-0.1, -0.05) is 41.1 Å². The lowest BCUT2D eigenvalue weighted by atomic mass is 9.97. The van der Waals surface area contributed by atoms with E-state index in [1.54, 1.807) is 0 Å². The first kappa shape index (κ1) is 14.5. The van der Waals surface area contributed by atoms with E-state index in [1.165, 1.54) is 5.56 Å². The van der Waals surface area contributed by atoms with Crippen LogP contribution in [0.3, 0.4) is 0 Å². The van der Waals surface area contributed by atoms with E-state index >= 15 is 0 Å². The Morgan fingerprint density at radius 1 is 1.53 bits per heavy atom. The monoisotopic (exact) mass is 324 g/mol. The topological polar surface area (TPSA) is 46.3 Å². The molecule has 0 unspecified atom stereocenters. The highest BCUT2D eigenvalue weighted by molar-refractivity contribution is 9.10. The van der Waals surface area contributed by atoms with Crippen molar-refractivity contribution in [1.82, 2.24) is 4.90 Å². The Morgan fingerprint density at radius 2 is 2.26 bits per heavy atom. The van der Waals surface area contributed by atoms with E-state index in [9.17, 15) is 4.79 Å². The van der Waals surface area contributed by atoms with Gasteiger partial charge >= 0.3 is 0 Å². The second kappa shape index (κ2) is 6.53. The Labute approximate surface area is 123 Å². The number of benzene rings is 1. The summed E-state index contributed by atoms with van der Waals surface area (Å²) >= 11 is 3.55. The molecule has 0 bridgehead atoms. The molecule has 0 saturated carbocycles. The van der Waals surface area contributed by atoms with Crippen molar-refractivity contribution in [2.24, 2.45) is 11.7 Å². The van der Waals surface area contributed by atoms with Gasteiger partial charge in [0, 0.05) is 24.0 Å². The molecule has 1 heterocycles. The van der Waals surface area contributed by atoms with E-state index < -0.39 is 0 Å². The smallest absolute Gasteiger partial charge is 0.223 e. The van der Waals surface area contributed by atoms with Crippen molar-refractivity contribution in [2.45, 2.75) is 25.7 Å². The predicted octanol–water partition coefficient (Wildman–Crippen LogP) is 2.75. The third kappa shape index (κ3) is 3.57. The average Bonchev–Trinajstić information content (AvgIpc) is 2.88. The minimum absolute atomic E-state index is 0.236. The molecule has 2 rings (SSSR count). The second-order valence-corrected chi connectivity index (χ2v) is 6.21. The van der Waals surface area contributed by atoms with Crippen LogP contribution in [0.4, 0.5) is 0 Å². The fourth-order valence-corrected chi connectivity index (χ4v) is 3.30. The predicted molar refractivity (Wildman–Crippen MR) is 80.9 cm³/mol. The summed E-state index contributed by atoms with van der Waals surface area (Å²) < 4.78 is 1.08. The number of amides is 1. The Bertz CT molecular complexity index is 450. The first-order chi connectivity index (χ1) is 9.11. The van der Waals surface area contributed by atoms with Crippen LogP contribution in [0.2, 0.25) is 0 Å². The number of carbonyl (C=O) groups excluding carboxylic acids is 1. The molecule has 4 heteroatoms. The maximum Gasteiger partial charge on any atom is 0.223 e. The van der Waals surface area contributed by atoms with Crippen molar-refractivity contribution in [1.29, 1.82) is 0 Å². The van der Waals surface area contributed by atoms with Gasteiger partial charge < -0.3 is 10.6 Å². The first-order valence-electron chi connectivity index (χ1n) is 6.84. The zero-order valence-corrected chi connectivity index (χ0v) is 12.9. The number of hydrogen-bond acceptors (Lipinski definition) is 2. The maximum absolute atomic E-state index is 12.3. The molecule has 1 fully saturated rings. The van der Waals surface area contributed by atoms with E-state index in [2.05, 4.69) is 28.9 Å². The highest BCUT2D eigenvalue weighted by atomic mass is 79.9.